The summed E-state index contributed by atoms with van der Waals surface area (Å²) in [5.41, 5.74) is 1.80. The molecular weight excluding hydrogens is 410 g/mol. The molecule has 32 heavy (non-hydrogen) atoms. The zero-order chi connectivity index (χ0) is 25.3. The van der Waals surface area contributed by atoms with Gasteiger partial charge in [0, 0.05) is 41.0 Å². The number of nitriles is 1. The van der Waals surface area contributed by atoms with Crippen LogP contribution in [-0.2, 0) is 4.79 Å². The summed E-state index contributed by atoms with van der Waals surface area (Å²) in [5.74, 6) is -0.985. The fourth-order valence-electron chi connectivity index (χ4n) is 3.36. The summed E-state index contributed by atoms with van der Waals surface area (Å²) in [6, 6.07) is 5.29. The van der Waals surface area contributed by atoms with Gasteiger partial charge >= 0.3 is 0 Å². The minimum Gasteiger partial charge on any atom is -0.492 e. The molecule has 1 aliphatic rings. The van der Waals surface area contributed by atoms with Gasteiger partial charge in [0.25, 0.3) is 5.91 Å². The molecule has 1 fully saturated rings. The second-order valence-electron chi connectivity index (χ2n) is 7.46. The molecule has 0 aromatic carbocycles. The fraction of sp³-hybridized carbons (Fsp3) is 0.318. The van der Waals surface area contributed by atoms with Crippen LogP contribution in [0, 0.1) is 17.2 Å². The van der Waals surface area contributed by atoms with Crippen molar-refractivity contribution in [1.29, 1.82) is 5.26 Å². The molecule has 1 saturated carbocycles. The van der Waals surface area contributed by atoms with Crippen LogP contribution in [0.15, 0.2) is 30.7 Å². The first kappa shape index (κ1) is 17.5. The van der Waals surface area contributed by atoms with Crippen LogP contribution in [0.25, 0.3) is 5.52 Å². The van der Waals surface area contributed by atoms with Gasteiger partial charge in [0.2, 0.25) is 5.91 Å². The normalized spacial score (nSPS) is 15.6. The van der Waals surface area contributed by atoms with E-state index in [2.05, 4.69) is 26.8 Å². The maximum atomic E-state index is 12.7. The van der Waals surface area contributed by atoms with Gasteiger partial charge in [-0.25, -0.2) is 9.50 Å². The van der Waals surface area contributed by atoms with Gasteiger partial charge in [0.15, 0.2) is 5.75 Å². The Morgan fingerprint density at radius 3 is 2.88 bits per heavy atom. The van der Waals surface area contributed by atoms with Crippen molar-refractivity contribution >= 4 is 34.5 Å². The van der Waals surface area contributed by atoms with Crippen molar-refractivity contribution in [2.24, 2.45) is 5.92 Å². The lowest BCUT2D eigenvalue weighted by molar-refractivity contribution is -0.117. The maximum absolute atomic E-state index is 12.7. The van der Waals surface area contributed by atoms with Crippen molar-refractivity contribution in [2.75, 3.05) is 24.7 Å². The number of carbonyl (C=O) groups is 2. The molecule has 3 heterocycles. The molecular formula is C22H23N7O3. The maximum Gasteiger partial charge on any atom is 0.254 e. The number of nitrogens with zero attached hydrogens (tertiary/aromatic N) is 4. The van der Waals surface area contributed by atoms with Crippen molar-refractivity contribution in [3.63, 3.8) is 0 Å². The van der Waals surface area contributed by atoms with E-state index in [0.717, 1.165) is 12.8 Å². The fourth-order valence-corrected chi connectivity index (χ4v) is 3.36. The van der Waals surface area contributed by atoms with Crippen LogP contribution in [0.3, 0.4) is 0 Å². The van der Waals surface area contributed by atoms with E-state index in [9.17, 15) is 14.9 Å². The molecule has 2 amide bonds. The van der Waals surface area contributed by atoms with Gasteiger partial charge in [0.05, 0.1) is 42.2 Å². The van der Waals surface area contributed by atoms with E-state index in [4.69, 9.17) is 8.85 Å². The van der Waals surface area contributed by atoms with Crippen LogP contribution in [0.5, 0.6) is 5.75 Å². The third kappa shape index (κ3) is 3.92. The highest BCUT2D eigenvalue weighted by Crippen LogP contribution is 2.37. The molecule has 4 rings (SSSR count). The number of fused-ring (bicyclic) bond motifs is 1. The summed E-state index contributed by atoms with van der Waals surface area (Å²) >= 11 is 0. The number of nitrogens with one attached hydrogen (secondary N) is 3. The quantitative estimate of drug-likeness (QED) is 0.518. The molecule has 10 nitrogen and oxygen atoms in total. The van der Waals surface area contributed by atoms with Crippen LogP contribution in [-0.4, -0.2) is 40.5 Å². The first-order valence-corrected chi connectivity index (χ1v) is 9.95. The predicted molar refractivity (Wildman–Crippen MR) is 118 cm³/mol. The second kappa shape index (κ2) is 8.55. The van der Waals surface area contributed by atoms with Crippen LogP contribution in [0.2, 0.25) is 0 Å². The highest BCUT2D eigenvalue weighted by molar-refractivity contribution is 6.01. The highest BCUT2D eigenvalue weighted by atomic mass is 16.5. The Balaban J connectivity index is 1.77. The molecule has 3 N–H and O–H groups in total. The third-order valence-electron chi connectivity index (χ3n) is 5.26. The van der Waals surface area contributed by atoms with Gasteiger partial charge < -0.3 is 20.7 Å². The molecule has 0 bridgehead atoms. The SMILES string of the molecule is [2H]C([2H])([2H])NC(=O)c1cnc(NC(=O)C2CC2)cc1Nc1ccn2ncc([C@H](C)C#N)c2c1OC. The molecule has 1 aliphatic carbocycles. The van der Waals surface area contributed by atoms with Crippen molar-refractivity contribution < 1.29 is 18.4 Å². The smallest absolute Gasteiger partial charge is 0.254 e. The standard InChI is InChI=1S/C22H23N7O3/c1-12(9-23)14-11-26-29-7-6-16(20(32-3)19(14)29)27-17-8-18(28-21(30)13-4-5-13)25-10-15(17)22(31)24-2/h6-8,10-13H,4-5H2,1-3H3,(H,24,31)(H2,25,27,28,30)/t12-/m1/s1/i2D3. The lowest BCUT2D eigenvalue weighted by atomic mass is 10.0. The van der Waals surface area contributed by atoms with Crippen molar-refractivity contribution in [3.05, 3.63) is 41.9 Å². The lowest BCUT2D eigenvalue weighted by Crippen LogP contribution is -2.20. The molecule has 3 aromatic heterocycles. The van der Waals surface area contributed by atoms with Crippen LogP contribution >= 0.6 is 0 Å². The molecule has 0 radical (unpaired) electrons. The molecule has 164 valence electrons. The summed E-state index contributed by atoms with van der Waals surface area (Å²) in [6.45, 7) is -0.963. The molecule has 0 spiro atoms. The van der Waals surface area contributed by atoms with Crippen LogP contribution in [0.4, 0.5) is 17.2 Å². The Hall–Kier alpha value is -4.13. The van der Waals surface area contributed by atoms with E-state index in [1.807, 2.05) is 5.32 Å². The van der Waals surface area contributed by atoms with Crippen LogP contribution in [0.1, 0.15) is 45.7 Å². The summed E-state index contributed by atoms with van der Waals surface area (Å²) in [5, 5.41) is 21.4. The summed E-state index contributed by atoms with van der Waals surface area (Å²) < 4.78 is 29.3. The van der Waals surface area contributed by atoms with Gasteiger partial charge in [-0.15, -0.1) is 0 Å². The van der Waals surface area contributed by atoms with Gasteiger partial charge in [-0.05, 0) is 25.8 Å². The number of anilines is 3. The molecule has 0 unspecified atom stereocenters. The number of amides is 2. The largest absolute Gasteiger partial charge is 0.492 e. The van der Waals surface area contributed by atoms with Gasteiger partial charge in [0.1, 0.15) is 11.3 Å². The Kier molecular flexibility index (Phi) is 4.68. The van der Waals surface area contributed by atoms with Crippen molar-refractivity contribution in [3.8, 4) is 11.8 Å². The zero-order valence-electron chi connectivity index (χ0n) is 20.5. The topological polar surface area (TPSA) is 133 Å². The minimum absolute atomic E-state index is 0.0494. The van der Waals surface area contributed by atoms with Crippen molar-refractivity contribution in [2.45, 2.75) is 25.7 Å². The average Bonchev–Trinajstić information content (AvgIpc) is 3.57. The minimum atomic E-state index is -2.70. The Labute approximate surface area is 188 Å². The number of hydrogen-bond acceptors (Lipinski definition) is 7. The number of pyridine rings is 2. The lowest BCUT2D eigenvalue weighted by Gasteiger charge is -2.16. The van der Waals surface area contributed by atoms with Gasteiger partial charge in [-0.1, -0.05) is 0 Å². The van der Waals surface area contributed by atoms with Crippen molar-refractivity contribution in [1.82, 2.24) is 19.9 Å². The Bertz CT molecular complexity index is 1340. The highest BCUT2D eigenvalue weighted by Gasteiger charge is 2.30. The molecule has 3 aromatic rings. The number of carbonyl (C=O) groups excluding carboxylic acids is 2. The van der Waals surface area contributed by atoms with Gasteiger partial charge in [-0.2, -0.15) is 10.4 Å². The van der Waals surface area contributed by atoms with E-state index < -0.39 is 18.8 Å². The Morgan fingerprint density at radius 2 is 2.19 bits per heavy atom. The van der Waals surface area contributed by atoms with E-state index in [-0.39, 0.29) is 28.9 Å². The summed E-state index contributed by atoms with van der Waals surface area (Å²) in [7, 11) is 1.46. The number of ether oxygens (including phenoxy) is 1. The zero-order valence-corrected chi connectivity index (χ0v) is 17.5. The average molecular weight is 436 g/mol. The molecule has 0 saturated heterocycles. The monoisotopic (exact) mass is 436 g/mol. The Morgan fingerprint density at radius 1 is 1.38 bits per heavy atom. The first-order chi connectivity index (χ1) is 16.6. The molecule has 1 atom stereocenters. The summed E-state index contributed by atoms with van der Waals surface area (Å²) in [4.78, 5) is 29.0. The predicted octanol–water partition coefficient (Wildman–Crippen LogP) is 2.82. The number of aromatic nitrogens is 3. The summed E-state index contributed by atoms with van der Waals surface area (Å²) in [6.07, 6.45) is 6.05. The molecule has 0 aliphatic heterocycles. The third-order valence-corrected chi connectivity index (χ3v) is 5.26. The number of methoxy groups -OCH3 is 1. The first-order valence-electron chi connectivity index (χ1n) is 11.5. The second-order valence-corrected chi connectivity index (χ2v) is 7.46. The van der Waals surface area contributed by atoms with E-state index >= 15 is 0 Å². The molecule has 10 heteroatoms. The van der Waals surface area contributed by atoms with E-state index in [0.29, 0.717) is 22.5 Å². The van der Waals surface area contributed by atoms with Crippen LogP contribution < -0.4 is 20.7 Å². The van der Waals surface area contributed by atoms with Gasteiger partial charge in [-0.3, -0.25) is 9.59 Å². The van der Waals surface area contributed by atoms with E-state index in [1.165, 1.54) is 19.4 Å². The number of rotatable bonds is 7. The van der Waals surface area contributed by atoms with E-state index in [1.54, 1.807) is 29.9 Å². The number of hydrogen-bond donors (Lipinski definition) is 3.